The second-order valence-corrected chi connectivity index (χ2v) is 6.24. The van der Waals surface area contributed by atoms with Crippen LogP contribution in [-0.2, 0) is 13.6 Å². The summed E-state index contributed by atoms with van der Waals surface area (Å²) in [5.41, 5.74) is 1.28. The molecule has 0 spiro atoms. The molecule has 3 nitrogen and oxygen atoms in total. The minimum Gasteiger partial charge on any atom is -0.309 e. The molecule has 102 valence electrons. The van der Waals surface area contributed by atoms with Crippen LogP contribution in [0.25, 0.3) is 0 Å². The minimum absolute atomic E-state index is 0.395. The lowest BCUT2D eigenvalue weighted by Crippen LogP contribution is -1.99. The van der Waals surface area contributed by atoms with Gasteiger partial charge in [-0.1, -0.05) is 31.4 Å². The van der Waals surface area contributed by atoms with Crippen LogP contribution in [0.4, 0.5) is 0 Å². The van der Waals surface area contributed by atoms with Crippen LogP contribution >= 0.6 is 7.60 Å². The summed E-state index contributed by atoms with van der Waals surface area (Å²) < 4.78 is 22.6. The summed E-state index contributed by atoms with van der Waals surface area (Å²) in [7, 11) is -2.89. The highest BCUT2D eigenvalue weighted by atomic mass is 31.2. The summed E-state index contributed by atoms with van der Waals surface area (Å²) in [4.78, 5) is 0. The van der Waals surface area contributed by atoms with Gasteiger partial charge in [-0.2, -0.15) is 0 Å². The van der Waals surface area contributed by atoms with Gasteiger partial charge in [-0.05, 0) is 33.6 Å². The zero-order valence-electron chi connectivity index (χ0n) is 11.7. The van der Waals surface area contributed by atoms with Crippen LogP contribution in [0, 0.1) is 0 Å². The molecule has 4 heteroatoms. The van der Waals surface area contributed by atoms with Gasteiger partial charge in [-0.15, -0.1) is 0 Å². The van der Waals surface area contributed by atoms with Gasteiger partial charge in [0.25, 0.3) is 0 Å². The summed E-state index contributed by atoms with van der Waals surface area (Å²) in [6, 6.07) is 0. The van der Waals surface area contributed by atoms with Crippen molar-refractivity contribution in [2.75, 3.05) is 19.4 Å². The zero-order chi connectivity index (χ0) is 13.1. The van der Waals surface area contributed by atoms with Crippen molar-refractivity contribution in [3.63, 3.8) is 0 Å². The van der Waals surface area contributed by atoms with Crippen molar-refractivity contribution in [2.24, 2.45) is 0 Å². The molecule has 0 aliphatic rings. The van der Waals surface area contributed by atoms with E-state index in [0.29, 0.717) is 19.4 Å². The van der Waals surface area contributed by atoms with E-state index in [1.807, 2.05) is 19.9 Å². The van der Waals surface area contributed by atoms with Crippen LogP contribution in [0.3, 0.4) is 0 Å². The molecular weight excluding hydrogens is 235 g/mol. The third-order valence-electron chi connectivity index (χ3n) is 2.49. The lowest BCUT2D eigenvalue weighted by molar-refractivity contribution is 0.222. The van der Waals surface area contributed by atoms with E-state index in [4.69, 9.17) is 9.05 Å². The van der Waals surface area contributed by atoms with E-state index < -0.39 is 7.60 Å². The molecule has 17 heavy (non-hydrogen) atoms. The van der Waals surface area contributed by atoms with E-state index in [1.54, 1.807) is 0 Å². The summed E-state index contributed by atoms with van der Waals surface area (Å²) in [6.07, 6.45) is 7.15. The first-order valence-corrected chi connectivity index (χ1v) is 8.34. The maximum atomic E-state index is 12.2. The van der Waals surface area contributed by atoms with Crippen LogP contribution < -0.4 is 0 Å². The second-order valence-electron chi connectivity index (χ2n) is 4.14. The fourth-order valence-corrected chi connectivity index (χ4v) is 3.17. The van der Waals surface area contributed by atoms with Crippen molar-refractivity contribution in [3.05, 3.63) is 11.6 Å². The molecule has 0 aromatic rings. The molecule has 0 atom stereocenters. The quantitative estimate of drug-likeness (QED) is 0.323. The Morgan fingerprint density at radius 3 is 2.18 bits per heavy atom. The fourth-order valence-electron chi connectivity index (χ4n) is 1.56. The van der Waals surface area contributed by atoms with Gasteiger partial charge in [0, 0.05) is 0 Å². The Bertz CT molecular complexity index is 251. The Kier molecular flexibility index (Phi) is 9.81. The minimum atomic E-state index is -2.89. The summed E-state index contributed by atoms with van der Waals surface area (Å²) in [5, 5.41) is 0. The molecule has 0 rings (SSSR count). The molecule has 0 saturated heterocycles. The van der Waals surface area contributed by atoms with Gasteiger partial charge in [0.15, 0.2) is 0 Å². The Morgan fingerprint density at radius 2 is 1.71 bits per heavy atom. The van der Waals surface area contributed by atoms with E-state index in [9.17, 15) is 4.57 Å². The Morgan fingerprint density at radius 1 is 1.12 bits per heavy atom. The maximum Gasteiger partial charge on any atom is 0.334 e. The van der Waals surface area contributed by atoms with Crippen molar-refractivity contribution >= 4 is 7.60 Å². The molecule has 0 aromatic heterocycles. The van der Waals surface area contributed by atoms with E-state index in [0.717, 1.165) is 6.42 Å². The van der Waals surface area contributed by atoms with Crippen LogP contribution in [0.15, 0.2) is 11.6 Å². The molecule has 0 heterocycles. The topological polar surface area (TPSA) is 35.5 Å². The van der Waals surface area contributed by atoms with Gasteiger partial charge >= 0.3 is 7.60 Å². The summed E-state index contributed by atoms with van der Waals surface area (Å²) in [6.45, 7) is 8.81. The molecule has 0 N–H and O–H groups in total. The Balaban J connectivity index is 4.17. The van der Waals surface area contributed by atoms with Crippen molar-refractivity contribution < 1.29 is 13.6 Å². The number of unbranched alkanes of at least 4 members (excludes halogenated alkanes) is 2. The molecule has 0 radical (unpaired) electrons. The lowest BCUT2D eigenvalue weighted by Gasteiger charge is -2.15. The Labute approximate surface area is 106 Å². The Hall–Kier alpha value is -0.110. The number of hydrogen-bond donors (Lipinski definition) is 0. The third kappa shape index (κ3) is 8.59. The van der Waals surface area contributed by atoms with Crippen molar-refractivity contribution in [3.8, 4) is 0 Å². The second kappa shape index (κ2) is 9.87. The molecule has 0 amide bonds. The molecule has 0 aromatic carbocycles. The van der Waals surface area contributed by atoms with Gasteiger partial charge in [0.05, 0.1) is 19.4 Å². The number of rotatable bonds is 10. The number of hydrogen-bond acceptors (Lipinski definition) is 3. The first-order chi connectivity index (χ1) is 8.08. The van der Waals surface area contributed by atoms with E-state index in [1.165, 1.54) is 24.8 Å². The molecule has 0 bridgehead atoms. The molecular formula is C13H27O3P. The lowest BCUT2D eigenvalue weighted by atomic mass is 10.1. The smallest absolute Gasteiger partial charge is 0.309 e. The van der Waals surface area contributed by atoms with Crippen molar-refractivity contribution in [2.45, 2.75) is 53.4 Å². The SMILES string of the molecule is CCCCC/C(C)=C/CP(=O)(OCC)OCC. The molecule has 0 unspecified atom stereocenters. The largest absolute Gasteiger partial charge is 0.334 e. The highest BCUT2D eigenvalue weighted by molar-refractivity contribution is 7.54. The van der Waals surface area contributed by atoms with Crippen molar-refractivity contribution in [1.29, 1.82) is 0 Å². The predicted molar refractivity (Wildman–Crippen MR) is 73.6 cm³/mol. The zero-order valence-corrected chi connectivity index (χ0v) is 12.6. The van der Waals surface area contributed by atoms with Gasteiger partial charge in [-0.25, -0.2) is 0 Å². The van der Waals surface area contributed by atoms with E-state index in [2.05, 4.69) is 13.8 Å². The first kappa shape index (κ1) is 16.9. The molecule has 0 aliphatic carbocycles. The fraction of sp³-hybridized carbons (Fsp3) is 0.846. The van der Waals surface area contributed by atoms with Crippen LogP contribution in [0.5, 0.6) is 0 Å². The van der Waals surface area contributed by atoms with Gasteiger partial charge < -0.3 is 9.05 Å². The average Bonchev–Trinajstić information content (AvgIpc) is 2.28. The monoisotopic (exact) mass is 262 g/mol. The maximum absolute atomic E-state index is 12.2. The summed E-state index contributed by atoms with van der Waals surface area (Å²) >= 11 is 0. The van der Waals surface area contributed by atoms with Gasteiger partial charge in [0.1, 0.15) is 0 Å². The number of allylic oxidation sites excluding steroid dienone is 2. The standard InChI is InChI=1S/C13H27O3P/c1-5-8-9-10-13(4)11-12-17(14,15-6-2)16-7-3/h11H,5-10,12H2,1-4H3/b13-11+. The molecule has 0 saturated carbocycles. The van der Waals surface area contributed by atoms with Crippen LogP contribution in [0.2, 0.25) is 0 Å². The van der Waals surface area contributed by atoms with Gasteiger partial charge in [-0.3, -0.25) is 4.57 Å². The van der Waals surface area contributed by atoms with Crippen LogP contribution in [-0.4, -0.2) is 19.4 Å². The van der Waals surface area contributed by atoms with Crippen LogP contribution in [0.1, 0.15) is 53.4 Å². The average molecular weight is 262 g/mol. The highest BCUT2D eigenvalue weighted by Crippen LogP contribution is 2.48. The molecule has 0 aliphatic heterocycles. The third-order valence-corrected chi connectivity index (χ3v) is 4.42. The predicted octanol–water partition coefficient (Wildman–Crippen LogP) is 4.78. The highest BCUT2D eigenvalue weighted by Gasteiger charge is 2.21. The van der Waals surface area contributed by atoms with Crippen molar-refractivity contribution in [1.82, 2.24) is 0 Å². The first-order valence-electron chi connectivity index (χ1n) is 6.61. The van der Waals surface area contributed by atoms with E-state index >= 15 is 0 Å². The summed E-state index contributed by atoms with van der Waals surface area (Å²) in [5.74, 6) is 0. The van der Waals surface area contributed by atoms with E-state index in [-0.39, 0.29) is 0 Å². The van der Waals surface area contributed by atoms with Gasteiger partial charge in [0.2, 0.25) is 0 Å². The molecule has 0 fully saturated rings. The normalized spacial score (nSPS) is 13.1.